The molecule has 0 unspecified atom stereocenters. The molecule has 2 rings (SSSR count). The molecule has 0 atom stereocenters. The Morgan fingerprint density at radius 2 is 1.79 bits per heavy atom. The molecule has 0 aromatic heterocycles. The van der Waals surface area contributed by atoms with E-state index in [0.717, 1.165) is 24.5 Å². The van der Waals surface area contributed by atoms with E-state index in [-0.39, 0.29) is 5.82 Å². The third kappa shape index (κ3) is 3.65. The van der Waals surface area contributed by atoms with Crippen LogP contribution >= 0.6 is 12.6 Å². The number of thiol groups is 1. The average molecular weight is 281 g/mol. The van der Waals surface area contributed by atoms with Crippen molar-refractivity contribution < 1.29 is 4.39 Å². The molecule has 0 heterocycles. The van der Waals surface area contributed by atoms with E-state index in [1.807, 2.05) is 12.1 Å². The minimum Gasteiger partial charge on any atom is -0.371 e. The summed E-state index contributed by atoms with van der Waals surface area (Å²) in [6.07, 6.45) is 6.55. The molecule has 1 aliphatic rings. The molecule has 1 aromatic rings. The Hall–Kier alpha value is -0.700. The van der Waals surface area contributed by atoms with Crippen molar-refractivity contribution in [2.45, 2.75) is 39.0 Å². The first-order valence-corrected chi connectivity index (χ1v) is 7.94. The topological polar surface area (TPSA) is 3.24 Å². The Kier molecular flexibility index (Phi) is 5.14. The van der Waals surface area contributed by atoms with Gasteiger partial charge in [-0.3, -0.25) is 0 Å². The number of nitrogens with zero attached hydrogens (tertiary/aromatic N) is 1. The maximum atomic E-state index is 13.0. The van der Waals surface area contributed by atoms with E-state index in [1.165, 1.54) is 32.1 Å². The van der Waals surface area contributed by atoms with E-state index in [4.69, 9.17) is 0 Å². The molecule has 0 amide bonds. The quantitative estimate of drug-likeness (QED) is 0.776. The van der Waals surface area contributed by atoms with Crippen molar-refractivity contribution in [2.24, 2.45) is 5.41 Å². The van der Waals surface area contributed by atoms with Crippen LogP contribution in [0.1, 0.15) is 39.0 Å². The lowest BCUT2D eigenvalue weighted by Gasteiger charge is -2.41. The molecule has 0 aliphatic heterocycles. The second-order valence-electron chi connectivity index (χ2n) is 5.71. The van der Waals surface area contributed by atoms with E-state index in [1.54, 1.807) is 12.1 Å². The van der Waals surface area contributed by atoms with Gasteiger partial charge in [0.1, 0.15) is 5.82 Å². The predicted octanol–water partition coefficient (Wildman–Crippen LogP) is 4.53. The van der Waals surface area contributed by atoms with Gasteiger partial charge in [-0.1, -0.05) is 19.3 Å². The Morgan fingerprint density at radius 1 is 1.16 bits per heavy atom. The SMILES string of the molecule is CCN(CC1(CS)CCCCC1)c1ccc(F)cc1. The molecular weight excluding hydrogens is 257 g/mol. The van der Waals surface area contributed by atoms with Crippen LogP contribution in [0.25, 0.3) is 0 Å². The van der Waals surface area contributed by atoms with Gasteiger partial charge in [0.2, 0.25) is 0 Å². The Morgan fingerprint density at radius 3 is 2.32 bits per heavy atom. The van der Waals surface area contributed by atoms with Crippen molar-refractivity contribution in [3.05, 3.63) is 30.1 Å². The van der Waals surface area contributed by atoms with E-state index in [0.29, 0.717) is 5.41 Å². The van der Waals surface area contributed by atoms with Crippen LogP contribution in [-0.2, 0) is 0 Å². The molecule has 1 aromatic carbocycles. The zero-order valence-corrected chi connectivity index (χ0v) is 12.6. The van der Waals surface area contributed by atoms with Gasteiger partial charge < -0.3 is 4.90 Å². The van der Waals surface area contributed by atoms with Crippen LogP contribution in [0.2, 0.25) is 0 Å². The molecule has 19 heavy (non-hydrogen) atoms. The molecule has 0 spiro atoms. The second kappa shape index (κ2) is 6.65. The maximum Gasteiger partial charge on any atom is 0.123 e. The molecule has 1 saturated carbocycles. The number of rotatable bonds is 5. The first-order chi connectivity index (χ1) is 9.19. The summed E-state index contributed by atoms with van der Waals surface area (Å²) in [5.41, 5.74) is 1.46. The molecule has 1 nitrogen and oxygen atoms in total. The number of hydrogen-bond donors (Lipinski definition) is 1. The lowest BCUT2D eigenvalue weighted by Crippen LogP contribution is -2.40. The second-order valence-corrected chi connectivity index (χ2v) is 6.03. The summed E-state index contributed by atoms with van der Waals surface area (Å²) < 4.78 is 13.0. The predicted molar refractivity (Wildman–Crippen MR) is 83.7 cm³/mol. The minimum atomic E-state index is -0.165. The lowest BCUT2D eigenvalue weighted by atomic mass is 9.75. The number of anilines is 1. The van der Waals surface area contributed by atoms with Crippen LogP contribution in [0.3, 0.4) is 0 Å². The molecule has 1 fully saturated rings. The maximum absolute atomic E-state index is 13.0. The smallest absolute Gasteiger partial charge is 0.123 e. The van der Waals surface area contributed by atoms with Gasteiger partial charge in [-0.05, 0) is 55.2 Å². The Bertz CT molecular complexity index is 384. The largest absolute Gasteiger partial charge is 0.371 e. The monoisotopic (exact) mass is 281 g/mol. The fourth-order valence-electron chi connectivity index (χ4n) is 3.11. The summed E-state index contributed by atoms with van der Waals surface area (Å²) in [5, 5.41) is 0. The molecular formula is C16H24FNS. The highest BCUT2D eigenvalue weighted by molar-refractivity contribution is 7.80. The van der Waals surface area contributed by atoms with E-state index >= 15 is 0 Å². The van der Waals surface area contributed by atoms with Crippen LogP contribution in [0.5, 0.6) is 0 Å². The van der Waals surface area contributed by atoms with E-state index in [2.05, 4.69) is 24.5 Å². The van der Waals surface area contributed by atoms with Gasteiger partial charge in [-0.25, -0.2) is 4.39 Å². The summed E-state index contributed by atoms with van der Waals surface area (Å²) in [4.78, 5) is 2.36. The molecule has 0 bridgehead atoms. The highest BCUT2D eigenvalue weighted by Gasteiger charge is 2.32. The summed E-state index contributed by atoms with van der Waals surface area (Å²) in [7, 11) is 0. The normalized spacial score (nSPS) is 18.3. The van der Waals surface area contributed by atoms with Crippen LogP contribution in [-0.4, -0.2) is 18.8 Å². The van der Waals surface area contributed by atoms with Crippen molar-refractivity contribution in [1.82, 2.24) is 0 Å². The number of benzene rings is 1. The summed E-state index contributed by atoms with van der Waals surface area (Å²) in [5.74, 6) is 0.784. The van der Waals surface area contributed by atoms with Gasteiger partial charge in [-0.15, -0.1) is 0 Å². The van der Waals surface area contributed by atoms with Gasteiger partial charge in [0.05, 0.1) is 0 Å². The van der Waals surface area contributed by atoms with Gasteiger partial charge in [0.25, 0.3) is 0 Å². The van der Waals surface area contributed by atoms with E-state index in [9.17, 15) is 4.39 Å². The molecule has 0 N–H and O–H groups in total. The highest BCUT2D eigenvalue weighted by Crippen LogP contribution is 2.38. The van der Waals surface area contributed by atoms with Gasteiger partial charge in [-0.2, -0.15) is 12.6 Å². The van der Waals surface area contributed by atoms with Crippen LogP contribution in [0.4, 0.5) is 10.1 Å². The minimum absolute atomic E-state index is 0.165. The van der Waals surface area contributed by atoms with Gasteiger partial charge >= 0.3 is 0 Å². The molecule has 0 radical (unpaired) electrons. The Balaban J connectivity index is 2.11. The van der Waals surface area contributed by atoms with Crippen LogP contribution in [0, 0.1) is 11.2 Å². The van der Waals surface area contributed by atoms with Gasteiger partial charge in [0, 0.05) is 18.8 Å². The lowest BCUT2D eigenvalue weighted by molar-refractivity contribution is 0.228. The number of halogens is 1. The molecule has 0 saturated heterocycles. The van der Waals surface area contributed by atoms with Crippen molar-refractivity contribution in [1.29, 1.82) is 0 Å². The van der Waals surface area contributed by atoms with Crippen LogP contribution in [0.15, 0.2) is 24.3 Å². The fourth-order valence-corrected chi connectivity index (χ4v) is 3.53. The van der Waals surface area contributed by atoms with Crippen molar-refractivity contribution in [3.8, 4) is 0 Å². The Labute approximate surface area is 121 Å². The van der Waals surface area contributed by atoms with Gasteiger partial charge in [0.15, 0.2) is 0 Å². The standard InChI is InChI=1S/C16H24FNS/c1-2-18(15-8-6-14(17)7-9-15)12-16(13-19)10-4-3-5-11-16/h6-9,19H,2-5,10-13H2,1H3. The average Bonchev–Trinajstić information content (AvgIpc) is 2.47. The highest BCUT2D eigenvalue weighted by atomic mass is 32.1. The summed E-state index contributed by atoms with van der Waals surface area (Å²) in [6, 6.07) is 6.86. The van der Waals surface area contributed by atoms with Crippen molar-refractivity contribution in [3.63, 3.8) is 0 Å². The zero-order valence-electron chi connectivity index (χ0n) is 11.7. The van der Waals surface area contributed by atoms with E-state index < -0.39 is 0 Å². The van der Waals surface area contributed by atoms with Crippen molar-refractivity contribution in [2.75, 3.05) is 23.7 Å². The first kappa shape index (κ1) is 14.7. The molecule has 1 aliphatic carbocycles. The fraction of sp³-hybridized carbons (Fsp3) is 0.625. The van der Waals surface area contributed by atoms with Crippen molar-refractivity contribution >= 4 is 18.3 Å². The summed E-state index contributed by atoms with van der Waals surface area (Å²) >= 11 is 4.60. The third-order valence-electron chi connectivity index (χ3n) is 4.35. The first-order valence-electron chi connectivity index (χ1n) is 7.30. The number of hydrogen-bond acceptors (Lipinski definition) is 2. The summed E-state index contributed by atoms with van der Waals surface area (Å²) in [6.45, 7) is 4.16. The van der Waals surface area contributed by atoms with Crippen LogP contribution < -0.4 is 4.90 Å². The molecule has 106 valence electrons. The zero-order chi connectivity index (χ0) is 13.7. The molecule has 3 heteroatoms. The third-order valence-corrected chi connectivity index (χ3v) is 5.02.